The first-order valence-corrected chi connectivity index (χ1v) is 6.06. The third-order valence-electron chi connectivity index (χ3n) is 2.61. The van der Waals surface area contributed by atoms with Gasteiger partial charge in [-0.1, -0.05) is 15.9 Å². The lowest BCUT2D eigenvalue weighted by atomic mass is 10.2. The van der Waals surface area contributed by atoms with Gasteiger partial charge in [0, 0.05) is 15.7 Å². The van der Waals surface area contributed by atoms with Gasteiger partial charge in [-0.05, 0) is 49.9 Å². The second-order valence-electron chi connectivity index (χ2n) is 3.98. The Hall–Kier alpha value is -1.16. The third-order valence-corrected chi connectivity index (χ3v) is 3.14. The largest absolute Gasteiger partial charge is 0.271 e. The maximum Gasteiger partial charge on any atom is 0.271 e. The molecule has 0 aliphatic heterocycles. The molecule has 0 spiro atoms. The topological polar surface area (TPSA) is 41.5 Å². The Morgan fingerprint density at radius 2 is 2.00 bits per heavy atom. The van der Waals surface area contributed by atoms with Crippen LogP contribution in [0.15, 0.2) is 33.8 Å². The Balaban J connectivity index is 1.97. The van der Waals surface area contributed by atoms with Crippen molar-refractivity contribution in [3.8, 4) is 0 Å². The van der Waals surface area contributed by atoms with Gasteiger partial charge in [0.05, 0.1) is 0 Å². The van der Waals surface area contributed by atoms with Crippen molar-refractivity contribution in [3.63, 3.8) is 0 Å². The van der Waals surface area contributed by atoms with E-state index in [2.05, 4.69) is 26.5 Å². The van der Waals surface area contributed by atoms with Gasteiger partial charge in [0.1, 0.15) is 0 Å². The van der Waals surface area contributed by atoms with Gasteiger partial charge >= 0.3 is 0 Å². The Kier molecular flexibility index (Phi) is 3.39. The van der Waals surface area contributed by atoms with Crippen LogP contribution in [0, 0.1) is 5.92 Å². The summed E-state index contributed by atoms with van der Waals surface area (Å²) in [6, 6.07) is 7.21. The molecule has 0 radical (unpaired) electrons. The molecule has 0 saturated heterocycles. The van der Waals surface area contributed by atoms with Crippen molar-refractivity contribution >= 4 is 27.5 Å². The second kappa shape index (κ2) is 4.78. The number of carbonyl (C=O) groups is 1. The maximum atomic E-state index is 11.7. The lowest BCUT2D eigenvalue weighted by Crippen LogP contribution is -2.19. The zero-order valence-electron chi connectivity index (χ0n) is 9.03. The van der Waals surface area contributed by atoms with Gasteiger partial charge in [-0.25, -0.2) is 5.43 Å². The van der Waals surface area contributed by atoms with E-state index in [0.717, 1.165) is 10.2 Å². The highest BCUT2D eigenvalue weighted by Crippen LogP contribution is 2.30. The quantitative estimate of drug-likeness (QED) is 0.671. The molecule has 1 amide bonds. The zero-order chi connectivity index (χ0) is 11.5. The number of hydrogen-bond acceptors (Lipinski definition) is 2. The molecule has 0 bridgehead atoms. The molecule has 1 aromatic carbocycles. The van der Waals surface area contributed by atoms with E-state index in [-0.39, 0.29) is 5.91 Å². The summed E-state index contributed by atoms with van der Waals surface area (Å²) in [6.07, 6.45) is 2.40. The average molecular weight is 281 g/mol. The number of amides is 1. The van der Waals surface area contributed by atoms with Crippen LogP contribution in [-0.4, -0.2) is 11.6 Å². The summed E-state index contributed by atoms with van der Waals surface area (Å²) in [5.74, 6) is 0.428. The summed E-state index contributed by atoms with van der Waals surface area (Å²) >= 11 is 3.32. The van der Waals surface area contributed by atoms with Crippen LogP contribution in [0.2, 0.25) is 0 Å². The van der Waals surface area contributed by atoms with Crippen LogP contribution in [0.1, 0.15) is 30.1 Å². The molecule has 4 heteroatoms. The summed E-state index contributed by atoms with van der Waals surface area (Å²) in [7, 11) is 0. The summed E-state index contributed by atoms with van der Waals surface area (Å²) < 4.78 is 0.960. The lowest BCUT2D eigenvalue weighted by Gasteiger charge is -2.01. The molecule has 84 valence electrons. The number of hydrazone groups is 1. The minimum atomic E-state index is -0.160. The van der Waals surface area contributed by atoms with E-state index in [0.29, 0.717) is 11.5 Å². The van der Waals surface area contributed by atoms with E-state index in [1.54, 1.807) is 12.1 Å². The van der Waals surface area contributed by atoms with Crippen LogP contribution in [0.4, 0.5) is 0 Å². The molecule has 0 aromatic heterocycles. The first-order chi connectivity index (χ1) is 7.66. The number of halogens is 1. The van der Waals surface area contributed by atoms with E-state index >= 15 is 0 Å². The van der Waals surface area contributed by atoms with Crippen molar-refractivity contribution in [2.45, 2.75) is 19.8 Å². The summed E-state index contributed by atoms with van der Waals surface area (Å²) in [6.45, 7) is 1.96. The molecule has 0 unspecified atom stereocenters. The Labute approximate surface area is 103 Å². The van der Waals surface area contributed by atoms with Gasteiger partial charge in [-0.3, -0.25) is 4.79 Å². The summed E-state index contributed by atoms with van der Waals surface area (Å²) in [5, 5.41) is 4.09. The van der Waals surface area contributed by atoms with E-state index in [4.69, 9.17) is 0 Å². The van der Waals surface area contributed by atoms with Gasteiger partial charge in [0.25, 0.3) is 5.91 Å². The first kappa shape index (κ1) is 11.3. The normalized spacial score (nSPS) is 16.0. The minimum absolute atomic E-state index is 0.160. The smallest absolute Gasteiger partial charge is 0.267 e. The Morgan fingerprint density at radius 1 is 1.38 bits per heavy atom. The van der Waals surface area contributed by atoms with E-state index < -0.39 is 0 Å². The number of carbonyl (C=O) groups excluding carboxylic acids is 1. The lowest BCUT2D eigenvalue weighted by molar-refractivity contribution is 0.0954. The van der Waals surface area contributed by atoms with Crippen LogP contribution in [0.25, 0.3) is 0 Å². The molecule has 1 N–H and O–H groups in total. The fraction of sp³-hybridized carbons (Fsp3) is 0.333. The highest BCUT2D eigenvalue weighted by molar-refractivity contribution is 9.10. The third kappa shape index (κ3) is 2.92. The standard InChI is InChI=1S/C12H13BrN2O/c1-8(9-2-3-9)14-15-12(16)10-4-6-11(13)7-5-10/h4-7,9H,2-3H2,1H3,(H,15,16). The molecule has 0 atom stereocenters. The van der Waals surface area contributed by atoms with Crippen molar-refractivity contribution in [2.75, 3.05) is 0 Å². The number of nitrogens with one attached hydrogen (secondary N) is 1. The summed E-state index contributed by atoms with van der Waals surface area (Å²) in [5.41, 5.74) is 4.21. The summed E-state index contributed by atoms with van der Waals surface area (Å²) in [4.78, 5) is 11.7. The number of nitrogens with zero attached hydrogens (tertiary/aromatic N) is 1. The van der Waals surface area contributed by atoms with Crippen molar-refractivity contribution in [1.82, 2.24) is 5.43 Å². The van der Waals surface area contributed by atoms with Gasteiger partial charge in [0.2, 0.25) is 0 Å². The molecule has 3 nitrogen and oxygen atoms in total. The predicted octanol–water partition coefficient (Wildman–Crippen LogP) is 2.96. The van der Waals surface area contributed by atoms with Crippen LogP contribution in [0.5, 0.6) is 0 Å². The Bertz CT molecular complexity index is 421. The zero-order valence-corrected chi connectivity index (χ0v) is 10.6. The van der Waals surface area contributed by atoms with Crippen LogP contribution >= 0.6 is 15.9 Å². The van der Waals surface area contributed by atoms with Gasteiger partial charge in [-0.15, -0.1) is 0 Å². The molecule has 0 heterocycles. The fourth-order valence-corrected chi connectivity index (χ4v) is 1.66. The van der Waals surface area contributed by atoms with Crippen molar-refractivity contribution in [3.05, 3.63) is 34.3 Å². The SMILES string of the molecule is CC(=NNC(=O)c1ccc(Br)cc1)C1CC1. The fourth-order valence-electron chi connectivity index (χ4n) is 1.40. The average Bonchev–Trinajstić information content (AvgIpc) is 3.10. The molecule has 16 heavy (non-hydrogen) atoms. The van der Waals surface area contributed by atoms with E-state index in [9.17, 15) is 4.79 Å². The molecular weight excluding hydrogens is 268 g/mol. The Morgan fingerprint density at radius 3 is 2.56 bits per heavy atom. The number of benzene rings is 1. The highest BCUT2D eigenvalue weighted by Gasteiger charge is 2.24. The molecule has 1 aliphatic rings. The van der Waals surface area contributed by atoms with E-state index in [1.165, 1.54) is 12.8 Å². The minimum Gasteiger partial charge on any atom is -0.267 e. The monoisotopic (exact) mass is 280 g/mol. The number of rotatable bonds is 3. The van der Waals surface area contributed by atoms with Crippen molar-refractivity contribution in [2.24, 2.45) is 11.0 Å². The maximum absolute atomic E-state index is 11.7. The second-order valence-corrected chi connectivity index (χ2v) is 4.89. The predicted molar refractivity (Wildman–Crippen MR) is 67.4 cm³/mol. The molecule has 1 aromatic rings. The van der Waals surface area contributed by atoms with Crippen molar-refractivity contribution < 1.29 is 4.79 Å². The van der Waals surface area contributed by atoms with Crippen molar-refractivity contribution in [1.29, 1.82) is 0 Å². The van der Waals surface area contributed by atoms with E-state index in [1.807, 2.05) is 19.1 Å². The van der Waals surface area contributed by atoms with Gasteiger partial charge in [0.15, 0.2) is 0 Å². The molecule has 2 rings (SSSR count). The molecule has 1 fully saturated rings. The van der Waals surface area contributed by atoms with Crippen LogP contribution < -0.4 is 5.43 Å². The molecular formula is C12H13BrN2O. The van der Waals surface area contributed by atoms with Crippen LogP contribution in [-0.2, 0) is 0 Å². The number of hydrogen-bond donors (Lipinski definition) is 1. The van der Waals surface area contributed by atoms with Crippen LogP contribution in [0.3, 0.4) is 0 Å². The molecule has 1 aliphatic carbocycles. The first-order valence-electron chi connectivity index (χ1n) is 5.27. The highest BCUT2D eigenvalue weighted by atomic mass is 79.9. The van der Waals surface area contributed by atoms with Gasteiger partial charge < -0.3 is 0 Å². The van der Waals surface area contributed by atoms with Gasteiger partial charge in [-0.2, -0.15) is 5.10 Å². The molecule has 1 saturated carbocycles.